The Morgan fingerprint density at radius 1 is 0.913 bits per heavy atom. The minimum Gasteiger partial charge on any atom is -0.383 e. The molecule has 1 amide bonds. The van der Waals surface area contributed by atoms with Crippen LogP contribution in [0.5, 0.6) is 0 Å². The van der Waals surface area contributed by atoms with Crippen LogP contribution in [0.1, 0.15) is 10.4 Å². The van der Waals surface area contributed by atoms with Crippen LogP contribution in [0.15, 0.2) is 66.7 Å². The highest BCUT2D eigenvalue weighted by molar-refractivity contribution is 6.33. The van der Waals surface area contributed by atoms with Crippen molar-refractivity contribution in [1.82, 2.24) is 4.98 Å². The van der Waals surface area contributed by atoms with Crippen LogP contribution < -0.4 is 11.1 Å². The van der Waals surface area contributed by atoms with E-state index in [4.69, 9.17) is 17.3 Å². The van der Waals surface area contributed by atoms with Crippen molar-refractivity contribution >= 4 is 29.1 Å². The van der Waals surface area contributed by atoms with Crippen LogP contribution in [0.3, 0.4) is 0 Å². The smallest absolute Gasteiger partial charge is 0.256 e. The number of hydrogen-bond acceptors (Lipinski definition) is 3. The number of nitrogen functional groups attached to an aromatic ring is 1. The van der Waals surface area contributed by atoms with Crippen LogP contribution in [0.4, 0.5) is 11.6 Å². The molecule has 1 heterocycles. The number of carbonyl (C=O) groups is 1. The number of carbonyl (C=O) groups excluding carboxylic acids is 1. The number of pyridine rings is 1. The molecule has 0 aliphatic heterocycles. The standard InChI is InChI=1S/C18H14ClN3O/c19-15-9-5-4-8-13(15)14-10-11-16(21-17(14)20)22-18(23)12-6-2-1-3-7-12/h1-11H,(H3,20,21,22,23). The van der Waals surface area contributed by atoms with E-state index in [-0.39, 0.29) is 5.91 Å². The lowest BCUT2D eigenvalue weighted by Gasteiger charge is -2.10. The molecule has 114 valence electrons. The van der Waals surface area contributed by atoms with Crippen LogP contribution in [-0.4, -0.2) is 10.9 Å². The fraction of sp³-hybridized carbons (Fsp3) is 0. The van der Waals surface area contributed by atoms with E-state index in [1.54, 1.807) is 42.5 Å². The van der Waals surface area contributed by atoms with E-state index in [9.17, 15) is 4.79 Å². The molecule has 5 heteroatoms. The Hall–Kier alpha value is -2.85. The summed E-state index contributed by atoms with van der Waals surface area (Å²) < 4.78 is 0. The van der Waals surface area contributed by atoms with E-state index in [0.717, 1.165) is 11.1 Å². The van der Waals surface area contributed by atoms with Crippen molar-refractivity contribution in [2.24, 2.45) is 0 Å². The van der Waals surface area contributed by atoms with Crippen molar-refractivity contribution in [3.8, 4) is 11.1 Å². The third-order valence-corrected chi connectivity index (χ3v) is 3.70. The number of nitrogens with zero attached hydrogens (tertiary/aromatic N) is 1. The SMILES string of the molecule is Nc1nc(NC(=O)c2ccccc2)ccc1-c1ccccc1Cl. The summed E-state index contributed by atoms with van der Waals surface area (Å²) in [5.74, 6) is 0.471. The zero-order valence-electron chi connectivity index (χ0n) is 12.2. The summed E-state index contributed by atoms with van der Waals surface area (Å²) in [6, 6.07) is 19.8. The van der Waals surface area contributed by atoms with Crippen molar-refractivity contribution in [2.75, 3.05) is 11.1 Å². The Labute approximate surface area is 138 Å². The van der Waals surface area contributed by atoms with Crippen molar-refractivity contribution in [2.45, 2.75) is 0 Å². The van der Waals surface area contributed by atoms with Crippen molar-refractivity contribution in [3.05, 3.63) is 77.3 Å². The molecule has 1 aromatic heterocycles. The highest BCUT2D eigenvalue weighted by atomic mass is 35.5. The Kier molecular flexibility index (Phi) is 4.26. The minimum absolute atomic E-state index is 0.233. The number of anilines is 2. The molecule has 0 spiro atoms. The second-order valence-electron chi connectivity index (χ2n) is 4.93. The van der Waals surface area contributed by atoms with E-state index >= 15 is 0 Å². The molecule has 2 aromatic carbocycles. The second kappa shape index (κ2) is 6.50. The first kappa shape index (κ1) is 15.1. The van der Waals surface area contributed by atoms with Gasteiger partial charge < -0.3 is 11.1 Å². The molecule has 0 saturated heterocycles. The molecule has 0 aliphatic carbocycles. The quantitative estimate of drug-likeness (QED) is 0.757. The average Bonchev–Trinajstić information content (AvgIpc) is 2.57. The first-order valence-electron chi connectivity index (χ1n) is 7.03. The molecular weight excluding hydrogens is 310 g/mol. The van der Waals surface area contributed by atoms with E-state index in [0.29, 0.717) is 22.2 Å². The van der Waals surface area contributed by atoms with Gasteiger partial charge in [0.25, 0.3) is 5.91 Å². The summed E-state index contributed by atoms with van der Waals surface area (Å²) in [7, 11) is 0. The number of nitrogens with two attached hydrogens (primary N) is 1. The molecule has 0 radical (unpaired) electrons. The number of aromatic nitrogens is 1. The lowest BCUT2D eigenvalue weighted by atomic mass is 10.1. The van der Waals surface area contributed by atoms with Crippen molar-refractivity contribution in [3.63, 3.8) is 0 Å². The number of halogens is 1. The molecule has 0 aliphatic rings. The summed E-state index contributed by atoms with van der Waals surface area (Å²) in [6.45, 7) is 0. The minimum atomic E-state index is -0.233. The van der Waals surface area contributed by atoms with Gasteiger partial charge in [-0.05, 0) is 30.3 Å². The topological polar surface area (TPSA) is 68.0 Å². The highest BCUT2D eigenvalue weighted by Crippen LogP contribution is 2.31. The number of rotatable bonds is 3. The molecule has 3 rings (SSSR count). The molecule has 3 N–H and O–H groups in total. The maximum atomic E-state index is 12.1. The summed E-state index contributed by atoms with van der Waals surface area (Å²) >= 11 is 6.18. The summed E-state index contributed by atoms with van der Waals surface area (Å²) in [5, 5.41) is 3.33. The maximum absolute atomic E-state index is 12.1. The van der Waals surface area contributed by atoms with Gasteiger partial charge in [-0.1, -0.05) is 48.0 Å². The van der Waals surface area contributed by atoms with Gasteiger partial charge >= 0.3 is 0 Å². The molecule has 0 unspecified atom stereocenters. The number of nitrogens with one attached hydrogen (secondary N) is 1. The zero-order valence-corrected chi connectivity index (χ0v) is 12.9. The molecular formula is C18H14ClN3O. The van der Waals surface area contributed by atoms with Crippen LogP contribution in [0.25, 0.3) is 11.1 Å². The summed E-state index contributed by atoms with van der Waals surface area (Å²) in [6.07, 6.45) is 0. The third kappa shape index (κ3) is 3.33. The predicted octanol–water partition coefficient (Wildman–Crippen LogP) is 4.24. The first-order valence-corrected chi connectivity index (χ1v) is 7.41. The fourth-order valence-corrected chi connectivity index (χ4v) is 2.47. The largest absolute Gasteiger partial charge is 0.383 e. The van der Waals surface area contributed by atoms with Gasteiger partial charge in [0.2, 0.25) is 0 Å². The third-order valence-electron chi connectivity index (χ3n) is 3.37. The van der Waals surface area contributed by atoms with Crippen molar-refractivity contribution < 1.29 is 4.79 Å². The van der Waals surface area contributed by atoms with Crippen molar-refractivity contribution in [1.29, 1.82) is 0 Å². The molecule has 0 saturated carbocycles. The molecule has 4 nitrogen and oxygen atoms in total. The number of hydrogen-bond donors (Lipinski definition) is 2. The van der Waals surface area contributed by atoms with Gasteiger partial charge in [0.1, 0.15) is 11.6 Å². The highest BCUT2D eigenvalue weighted by Gasteiger charge is 2.11. The van der Waals surface area contributed by atoms with Gasteiger partial charge in [0, 0.05) is 21.7 Å². The van der Waals surface area contributed by atoms with E-state index in [1.807, 2.05) is 24.3 Å². The Bertz CT molecular complexity index is 850. The van der Waals surface area contributed by atoms with Gasteiger partial charge in [0.05, 0.1) is 0 Å². The predicted molar refractivity (Wildman–Crippen MR) is 93.5 cm³/mol. The van der Waals surface area contributed by atoms with Crippen LogP contribution in [-0.2, 0) is 0 Å². The molecule has 23 heavy (non-hydrogen) atoms. The fourth-order valence-electron chi connectivity index (χ4n) is 2.23. The number of amides is 1. The Morgan fingerprint density at radius 3 is 2.30 bits per heavy atom. The summed E-state index contributed by atoms with van der Waals surface area (Å²) in [4.78, 5) is 16.4. The van der Waals surface area contributed by atoms with E-state index < -0.39 is 0 Å². The van der Waals surface area contributed by atoms with E-state index in [2.05, 4.69) is 10.3 Å². The van der Waals surface area contributed by atoms with Crippen LogP contribution in [0, 0.1) is 0 Å². The van der Waals surface area contributed by atoms with Gasteiger partial charge in [-0.25, -0.2) is 4.98 Å². The molecule has 0 bridgehead atoms. The van der Waals surface area contributed by atoms with Crippen LogP contribution >= 0.6 is 11.6 Å². The average molecular weight is 324 g/mol. The van der Waals surface area contributed by atoms with Gasteiger partial charge in [0.15, 0.2) is 0 Å². The lowest BCUT2D eigenvalue weighted by Crippen LogP contribution is -2.13. The molecule has 3 aromatic rings. The van der Waals surface area contributed by atoms with Gasteiger partial charge in [-0.3, -0.25) is 4.79 Å². The molecule has 0 atom stereocenters. The lowest BCUT2D eigenvalue weighted by molar-refractivity contribution is 0.102. The van der Waals surface area contributed by atoms with Gasteiger partial charge in [-0.2, -0.15) is 0 Å². The Balaban J connectivity index is 1.86. The normalized spacial score (nSPS) is 10.3. The molecule has 0 fully saturated rings. The number of benzene rings is 2. The Morgan fingerprint density at radius 2 is 1.61 bits per heavy atom. The van der Waals surface area contributed by atoms with Crippen LogP contribution in [0.2, 0.25) is 5.02 Å². The second-order valence-corrected chi connectivity index (χ2v) is 5.34. The maximum Gasteiger partial charge on any atom is 0.256 e. The van der Waals surface area contributed by atoms with Gasteiger partial charge in [-0.15, -0.1) is 0 Å². The zero-order chi connectivity index (χ0) is 16.2. The first-order chi connectivity index (χ1) is 11.1. The van der Waals surface area contributed by atoms with E-state index in [1.165, 1.54) is 0 Å². The summed E-state index contributed by atoms with van der Waals surface area (Å²) in [5.41, 5.74) is 8.11. The monoisotopic (exact) mass is 323 g/mol.